The lowest BCUT2D eigenvalue weighted by Gasteiger charge is -2.23. The molecule has 2 rings (SSSR count). The summed E-state index contributed by atoms with van der Waals surface area (Å²) < 4.78 is 5.16. The van der Waals surface area contributed by atoms with E-state index in [2.05, 4.69) is 24.8 Å². The number of anilines is 2. The van der Waals surface area contributed by atoms with Gasteiger partial charge in [-0.25, -0.2) is 0 Å². The van der Waals surface area contributed by atoms with Gasteiger partial charge >= 0.3 is 0 Å². The van der Waals surface area contributed by atoms with Gasteiger partial charge < -0.3 is 15.4 Å². The van der Waals surface area contributed by atoms with Crippen LogP contribution >= 0.6 is 0 Å². The van der Waals surface area contributed by atoms with Crippen molar-refractivity contribution < 1.29 is 4.74 Å². The molecule has 0 radical (unpaired) electrons. The molecule has 1 saturated heterocycles. The van der Waals surface area contributed by atoms with Crippen LogP contribution in [0.2, 0.25) is 0 Å². The van der Waals surface area contributed by atoms with Crippen molar-refractivity contribution in [2.45, 2.75) is 20.3 Å². The van der Waals surface area contributed by atoms with Gasteiger partial charge in [-0.1, -0.05) is 13.8 Å². The molecule has 16 heavy (non-hydrogen) atoms. The fourth-order valence-corrected chi connectivity index (χ4v) is 2.27. The smallest absolute Gasteiger partial charge is 0.121 e. The molecule has 0 amide bonds. The zero-order valence-electron chi connectivity index (χ0n) is 10.3. The Kier molecular flexibility index (Phi) is 2.70. The van der Waals surface area contributed by atoms with E-state index >= 15 is 0 Å². The summed E-state index contributed by atoms with van der Waals surface area (Å²) >= 11 is 0. The molecule has 1 aromatic carbocycles. The summed E-state index contributed by atoms with van der Waals surface area (Å²) in [5.74, 6) is 0.819. The molecule has 0 spiro atoms. The number of nitrogens with zero attached hydrogens (tertiary/aromatic N) is 1. The van der Waals surface area contributed by atoms with Crippen LogP contribution in [0.3, 0.4) is 0 Å². The van der Waals surface area contributed by atoms with Crippen LogP contribution in [-0.4, -0.2) is 20.2 Å². The Morgan fingerprint density at radius 3 is 2.62 bits per heavy atom. The summed E-state index contributed by atoms with van der Waals surface area (Å²) in [5.41, 5.74) is 8.37. The molecule has 1 aliphatic heterocycles. The van der Waals surface area contributed by atoms with Crippen molar-refractivity contribution in [3.05, 3.63) is 18.2 Å². The predicted molar refractivity (Wildman–Crippen MR) is 68.0 cm³/mol. The molecule has 1 aliphatic rings. The number of hydrogen-bond acceptors (Lipinski definition) is 3. The summed E-state index contributed by atoms with van der Waals surface area (Å²) in [6.07, 6.45) is 1.22. The van der Waals surface area contributed by atoms with E-state index in [0.29, 0.717) is 5.41 Å². The van der Waals surface area contributed by atoms with Gasteiger partial charge in [-0.15, -0.1) is 0 Å². The highest BCUT2D eigenvalue weighted by Gasteiger charge is 2.29. The Balaban J connectivity index is 2.22. The van der Waals surface area contributed by atoms with Crippen LogP contribution in [0.4, 0.5) is 11.4 Å². The normalized spacial score (nSPS) is 18.8. The molecule has 1 heterocycles. The molecule has 0 saturated carbocycles. The first kappa shape index (κ1) is 11.1. The van der Waals surface area contributed by atoms with Crippen LogP contribution in [0, 0.1) is 5.41 Å². The fourth-order valence-electron chi connectivity index (χ4n) is 2.27. The minimum absolute atomic E-state index is 0.395. The van der Waals surface area contributed by atoms with E-state index in [1.165, 1.54) is 6.42 Å². The molecule has 88 valence electrons. The van der Waals surface area contributed by atoms with Crippen LogP contribution in [0.15, 0.2) is 18.2 Å². The lowest BCUT2D eigenvalue weighted by Crippen LogP contribution is -2.23. The van der Waals surface area contributed by atoms with Gasteiger partial charge in [0.25, 0.3) is 0 Å². The first-order valence-corrected chi connectivity index (χ1v) is 5.70. The van der Waals surface area contributed by atoms with Crippen molar-refractivity contribution in [2.75, 3.05) is 30.8 Å². The van der Waals surface area contributed by atoms with Crippen LogP contribution in [0.1, 0.15) is 20.3 Å². The van der Waals surface area contributed by atoms with E-state index in [-0.39, 0.29) is 0 Å². The number of rotatable bonds is 2. The molecule has 2 N–H and O–H groups in total. The molecule has 0 atom stereocenters. The molecule has 0 unspecified atom stereocenters. The van der Waals surface area contributed by atoms with Gasteiger partial charge in [0.2, 0.25) is 0 Å². The van der Waals surface area contributed by atoms with Gasteiger partial charge in [-0.3, -0.25) is 0 Å². The first-order chi connectivity index (χ1) is 7.52. The second-order valence-electron chi connectivity index (χ2n) is 5.26. The Labute approximate surface area is 97.2 Å². The highest BCUT2D eigenvalue weighted by atomic mass is 16.5. The Bertz CT molecular complexity index is 388. The van der Waals surface area contributed by atoms with Gasteiger partial charge in [-0.2, -0.15) is 0 Å². The van der Waals surface area contributed by atoms with Crippen molar-refractivity contribution in [3.63, 3.8) is 0 Å². The topological polar surface area (TPSA) is 38.5 Å². The number of ether oxygens (including phenoxy) is 1. The molecule has 1 aromatic rings. The van der Waals surface area contributed by atoms with Crippen LogP contribution < -0.4 is 15.4 Å². The summed E-state index contributed by atoms with van der Waals surface area (Å²) in [6.45, 7) is 6.76. The van der Waals surface area contributed by atoms with E-state index in [9.17, 15) is 0 Å². The number of hydrogen-bond donors (Lipinski definition) is 1. The average molecular weight is 220 g/mol. The minimum Gasteiger partial charge on any atom is -0.497 e. The van der Waals surface area contributed by atoms with Gasteiger partial charge in [0.1, 0.15) is 5.75 Å². The lowest BCUT2D eigenvalue weighted by molar-refractivity contribution is 0.415. The highest BCUT2D eigenvalue weighted by Crippen LogP contribution is 2.36. The molecule has 0 bridgehead atoms. The Morgan fingerprint density at radius 1 is 1.38 bits per heavy atom. The maximum absolute atomic E-state index is 6.04. The molecule has 1 fully saturated rings. The third kappa shape index (κ3) is 2.08. The van der Waals surface area contributed by atoms with Crippen molar-refractivity contribution >= 4 is 11.4 Å². The van der Waals surface area contributed by atoms with Crippen LogP contribution in [0.5, 0.6) is 5.75 Å². The quantitative estimate of drug-likeness (QED) is 0.778. The van der Waals surface area contributed by atoms with Crippen molar-refractivity contribution in [2.24, 2.45) is 5.41 Å². The van der Waals surface area contributed by atoms with Crippen LogP contribution in [0.25, 0.3) is 0 Å². The van der Waals surface area contributed by atoms with Crippen molar-refractivity contribution in [1.29, 1.82) is 0 Å². The van der Waals surface area contributed by atoms with E-state index in [1.807, 2.05) is 12.1 Å². The zero-order valence-corrected chi connectivity index (χ0v) is 10.3. The number of methoxy groups -OCH3 is 1. The summed E-state index contributed by atoms with van der Waals surface area (Å²) in [6, 6.07) is 5.91. The summed E-state index contributed by atoms with van der Waals surface area (Å²) in [5, 5.41) is 0. The van der Waals surface area contributed by atoms with Crippen LogP contribution in [-0.2, 0) is 0 Å². The second-order valence-corrected chi connectivity index (χ2v) is 5.26. The maximum atomic E-state index is 6.04. The standard InChI is InChI=1S/C13H20N2O/c1-13(2)6-7-15(9-13)12-5-4-10(16-3)8-11(12)14/h4-5,8H,6-7,9,14H2,1-3H3. The van der Waals surface area contributed by atoms with Crippen molar-refractivity contribution in [3.8, 4) is 5.75 Å². The fraction of sp³-hybridized carbons (Fsp3) is 0.538. The third-order valence-corrected chi connectivity index (χ3v) is 3.25. The Morgan fingerprint density at radius 2 is 2.12 bits per heavy atom. The van der Waals surface area contributed by atoms with E-state index < -0.39 is 0 Å². The largest absolute Gasteiger partial charge is 0.497 e. The molecule has 0 aliphatic carbocycles. The van der Waals surface area contributed by atoms with Gasteiger partial charge in [0.15, 0.2) is 0 Å². The molecule has 3 heteroatoms. The number of nitrogen functional groups attached to an aromatic ring is 1. The minimum atomic E-state index is 0.395. The van der Waals surface area contributed by atoms with Gasteiger partial charge in [-0.05, 0) is 24.0 Å². The predicted octanol–water partition coefficient (Wildman–Crippen LogP) is 2.51. The summed E-state index contributed by atoms with van der Waals surface area (Å²) in [7, 11) is 1.66. The zero-order chi connectivity index (χ0) is 11.8. The molecular formula is C13H20N2O. The lowest BCUT2D eigenvalue weighted by atomic mass is 9.93. The first-order valence-electron chi connectivity index (χ1n) is 5.70. The summed E-state index contributed by atoms with van der Waals surface area (Å²) in [4.78, 5) is 2.36. The average Bonchev–Trinajstić information content (AvgIpc) is 2.58. The van der Waals surface area contributed by atoms with Gasteiger partial charge in [0.05, 0.1) is 18.5 Å². The maximum Gasteiger partial charge on any atom is 0.121 e. The SMILES string of the molecule is COc1ccc(N2CCC(C)(C)C2)c(N)c1. The van der Waals surface area contributed by atoms with E-state index in [0.717, 1.165) is 30.2 Å². The third-order valence-electron chi connectivity index (χ3n) is 3.25. The van der Waals surface area contributed by atoms with E-state index in [1.54, 1.807) is 7.11 Å². The molecular weight excluding hydrogens is 200 g/mol. The highest BCUT2D eigenvalue weighted by molar-refractivity contribution is 5.70. The Hall–Kier alpha value is -1.38. The molecule has 0 aromatic heterocycles. The second kappa shape index (κ2) is 3.89. The van der Waals surface area contributed by atoms with Gasteiger partial charge in [0, 0.05) is 19.2 Å². The molecule has 3 nitrogen and oxygen atoms in total. The monoisotopic (exact) mass is 220 g/mol. The van der Waals surface area contributed by atoms with Crippen molar-refractivity contribution in [1.82, 2.24) is 0 Å². The number of nitrogens with two attached hydrogens (primary N) is 1. The number of benzene rings is 1. The van der Waals surface area contributed by atoms with E-state index in [4.69, 9.17) is 10.5 Å².